The molecule has 0 aromatic heterocycles. The smallest absolute Gasteiger partial charge is 0.257 e. The number of halogens is 1. The minimum atomic E-state index is -0.290. The molecule has 2 N–H and O–H groups in total. The molecular weight excluding hydrogens is 432 g/mol. The van der Waals surface area contributed by atoms with E-state index in [0.717, 1.165) is 50.4 Å². The van der Waals surface area contributed by atoms with Crippen LogP contribution >= 0.6 is 23.8 Å². The Hall–Kier alpha value is -2.35. The van der Waals surface area contributed by atoms with Crippen LogP contribution in [0.3, 0.4) is 0 Å². The number of nitrogens with one attached hydrogen (secondary N) is 2. The normalized spacial score (nSPS) is 14.2. The highest BCUT2D eigenvalue weighted by Gasteiger charge is 2.20. The average Bonchev–Trinajstić information content (AvgIpc) is 2.75. The highest BCUT2D eigenvalue weighted by Crippen LogP contribution is 2.34. The van der Waals surface area contributed by atoms with Gasteiger partial charge in [-0.2, -0.15) is 0 Å². The minimum absolute atomic E-state index is 0.222. The highest BCUT2D eigenvalue weighted by atomic mass is 35.5. The van der Waals surface area contributed by atoms with E-state index in [9.17, 15) is 4.79 Å². The van der Waals surface area contributed by atoms with Crippen LogP contribution in [0.4, 0.5) is 11.4 Å². The molecule has 2 aromatic carbocycles. The molecule has 3 rings (SSSR count). The maximum atomic E-state index is 12.7. The van der Waals surface area contributed by atoms with Gasteiger partial charge in [0, 0.05) is 31.7 Å². The van der Waals surface area contributed by atoms with Crippen molar-refractivity contribution in [3.05, 3.63) is 53.1 Å². The van der Waals surface area contributed by atoms with Gasteiger partial charge in [0.2, 0.25) is 0 Å². The summed E-state index contributed by atoms with van der Waals surface area (Å²) in [6.45, 7) is 6.41. The summed E-state index contributed by atoms with van der Waals surface area (Å²) in [6.07, 6.45) is 2.03. The van der Waals surface area contributed by atoms with Crippen molar-refractivity contribution in [1.82, 2.24) is 10.2 Å². The largest absolute Gasteiger partial charge is 0.494 e. The first-order chi connectivity index (χ1) is 15.0. The number of benzene rings is 2. The van der Waals surface area contributed by atoms with E-state index in [1.54, 1.807) is 18.2 Å². The second-order valence-electron chi connectivity index (χ2n) is 7.56. The summed E-state index contributed by atoms with van der Waals surface area (Å²) in [5.74, 6) is 0.383. The Kier molecular flexibility index (Phi) is 8.51. The third-order valence-electron chi connectivity index (χ3n) is 5.14. The zero-order chi connectivity index (χ0) is 22.2. The number of likely N-dealkylation sites (N-methyl/N-ethyl adjacent to an activating group) is 1. The van der Waals surface area contributed by atoms with E-state index in [-0.39, 0.29) is 11.0 Å². The Morgan fingerprint density at radius 2 is 1.90 bits per heavy atom. The third kappa shape index (κ3) is 6.56. The first-order valence-corrected chi connectivity index (χ1v) is 11.3. The molecule has 8 heteroatoms. The Morgan fingerprint density at radius 1 is 1.16 bits per heavy atom. The number of carbonyl (C=O) groups is 1. The van der Waals surface area contributed by atoms with Crippen LogP contribution in [0, 0.1) is 0 Å². The van der Waals surface area contributed by atoms with E-state index in [1.165, 1.54) is 0 Å². The Morgan fingerprint density at radius 3 is 2.65 bits per heavy atom. The molecule has 0 aliphatic carbocycles. The first kappa shape index (κ1) is 23.3. The molecule has 1 amide bonds. The van der Waals surface area contributed by atoms with Crippen LogP contribution in [0.2, 0.25) is 5.02 Å². The van der Waals surface area contributed by atoms with Crippen LogP contribution in [-0.2, 0) is 0 Å². The number of amides is 1. The molecule has 2 aromatic rings. The lowest BCUT2D eigenvalue weighted by atomic mass is 10.2. The molecule has 0 unspecified atom stereocenters. The van der Waals surface area contributed by atoms with Crippen molar-refractivity contribution in [2.24, 2.45) is 0 Å². The molecule has 1 aliphatic rings. The van der Waals surface area contributed by atoms with Gasteiger partial charge in [0.15, 0.2) is 5.11 Å². The standard InChI is InChI=1S/C23H29ClN4O2S/c1-3-4-15-30-18-8-5-7-17(16-18)22(29)26-23(31)25-20-10-6-9-19(24)21(20)28-13-11-27(2)12-14-28/h5-10,16H,3-4,11-15H2,1-2H3,(H2,25,26,29,31). The summed E-state index contributed by atoms with van der Waals surface area (Å²) in [4.78, 5) is 17.2. The predicted molar refractivity (Wildman–Crippen MR) is 132 cm³/mol. The zero-order valence-electron chi connectivity index (χ0n) is 18.0. The fraction of sp³-hybridized carbons (Fsp3) is 0.391. The van der Waals surface area contributed by atoms with Gasteiger partial charge in [-0.1, -0.05) is 37.1 Å². The summed E-state index contributed by atoms with van der Waals surface area (Å²) in [5.41, 5.74) is 2.17. The van der Waals surface area contributed by atoms with Crippen molar-refractivity contribution in [2.45, 2.75) is 19.8 Å². The van der Waals surface area contributed by atoms with Crippen molar-refractivity contribution in [3.63, 3.8) is 0 Å². The van der Waals surface area contributed by atoms with Crippen LogP contribution in [0.5, 0.6) is 5.75 Å². The number of thiocarbonyl (C=S) groups is 1. The van der Waals surface area contributed by atoms with Gasteiger partial charge in [0.25, 0.3) is 5.91 Å². The van der Waals surface area contributed by atoms with Gasteiger partial charge in [-0.15, -0.1) is 0 Å². The van der Waals surface area contributed by atoms with Crippen LogP contribution < -0.4 is 20.3 Å². The predicted octanol–water partition coefficient (Wildman–Crippen LogP) is 4.40. The molecule has 0 saturated carbocycles. The maximum absolute atomic E-state index is 12.7. The lowest BCUT2D eigenvalue weighted by molar-refractivity contribution is 0.0977. The highest BCUT2D eigenvalue weighted by molar-refractivity contribution is 7.80. The summed E-state index contributed by atoms with van der Waals surface area (Å²) < 4.78 is 5.69. The summed E-state index contributed by atoms with van der Waals surface area (Å²) in [6, 6.07) is 12.8. The van der Waals surface area contributed by atoms with Crippen LogP contribution in [-0.4, -0.2) is 55.8 Å². The number of anilines is 2. The second kappa shape index (κ2) is 11.3. The molecule has 1 heterocycles. The number of rotatable bonds is 7. The lowest BCUT2D eigenvalue weighted by Crippen LogP contribution is -2.45. The summed E-state index contributed by atoms with van der Waals surface area (Å²) in [5, 5.41) is 6.77. The van der Waals surface area contributed by atoms with E-state index in [4.69, 9.17) is 28.6 Å². The van der Waals surface area contributed by atoms with Crippen LogP contribution in [0.15, 0.2) is 42.5 Å². The number of piperazine rings is 1. The topological polar surface area (TPSA) is 56.8 Å². The lowest BCUT2D eigenvalue weighted by Gasteiger charge is -2.35. The van der Waals surface area contributed by atoms with Gasteiger partial charge in [-0.25, -0.2) is 0 Å². The van der Waals surface area contributed by atoms with E-state index >= 15 is 0 Å². The molecule has 0 spiro atoms. The molecule has 1 fully saturated rings. The molecule has 0 bridgehead atoms. The monoisotopic (exact) mass is 460 g/mol. The number of carbonyl (C=O) groups excluding carboxylic acids is 1. The summed E-state index contributed by atoms with van der Waals surface area (Å²) in [7, 11) is 2.11. The summed E-state index contributed by atoms with van der Waals surface area (Å²) >= 11 is 11.9. The number of hydrogen-bond donors (Lipinski definition) is 2. The Balaban J connectivity index is 1.65. The molecule has 6 nitrogen and oxygen atoms in total. The number of unbranched alkanes of at least 4 members (excludes halogenated alkanes) is 1. The molecular formula is C23H29ClN4O2S. The minimum Gasteiger partial charge on any atom is -0.494 e. The molecule has 1 saturated heterocycles. The Bertz CT molecular complexity index is 916. The number of hydrogen-bond acceptors (Lipinski definition) is 5. The van der Waals surface area contributed by atoms with Gasteiger partial charge in [-0.3, -0.25) is 10.1 Å². The van der Waals surface area contributed by atoms with E-state index in [1.807, 2.05) is 24.3 Å². The molecule has 0 radical (unpaired) electrons. The SMILES string of the molecule is CCCCOc1cccc(C(=O)NC(=S)Nc2cccc(Cl)c2N2CCN(C)CC2)c1. The number of nitrogens with zero attached hydrogens (tertiary/aromatic N) is 2. The molecule has 31 heavy (non-hydrogen) atoms. The quantitative estimate of drug-likeness (QED) is 0.472. The number of ether oxygens (including phenoxy) is 1. The maximum Gasteiger partial charge on any atom is 0.257 e. The Labute approximate surface area is 194 Å². The van der Waals surface area contributed by atoms with Gasteiger partial charge in [0.05, 0.1) is 23.0 Å². The van der Waals surface area contributed by atoms with Crippen molar-refractivity contribution >= 4 is 46.2 Å². The van der Waals surface area contributed by atoms with Crippen molar-refractivity contribution < 1.29 is 9.53 Å². The average molecular weight is 461 g/mol. The molecule has 1 aliphatic heterocycles. The first-order valence-electron chi connectivity index (χ1n) is 10.5. The zero-order valence-corrected chi connectivity index (χ0v) is 19.6. The van der Waals surface area contributed by atoms with Gasteiger partial charge < -0.3 is 19.9 Å². The van der Waals surface area contributed by atoms with Crippen molar-refractivity contribution in [3.8, 4) is 5.75 Å². The third-order valence-corrected chi connectivity index (χ3v) is 5.65. The fourth-order valence-electron chi connectivity index (χ4n) is 3.36. The fourth-order valence-corrected chi connectivity index (χ4v) is 3.85. The van der Waals surface area contributed by atoms with E-state index < -0.39 is 0 Å². The second-order valence-corrected chi connectivity index (χ2v) is 8.38. The van der Waals surface area contributed by atoms with Gasteiger partial charge in [0.1, 0.15) is 5.75 Å². The van der Waals surface area contributed by atoms with Crippen LogP contribution in [0.25, 0.3) is 0 Å². The van der Waals surface area contributed by atoms with E-state index in [0.29, 0.717) is 22.9 Å². The van der Waals surface area contributed by atoms with Crippen LogP contribution in [0.1, 0.15) is 30.1 Å². The molecule has 166 valence electrons. The van der Waals surface area contributed by atoms with Crippen molar-refractivity contribution in [1.29, 1.82) is 0 Å². The van der Waals surface area contributed by atoms with Gasteiger partial charge >= 0.3 is 0 Å². The van der Waals surface area contributed by atoms with Gasteiger partial charge in [-0.05, 0) is 56.0 Å². The number of para-hydroxylation sites is 1. The van der Waals surface area contributed by atoms with Crippen molar-refractivity contribution in [2.75, 3.05) is 50.1 Å². The molecule has 0 atom stereocenters. The van der Waals surface area contributed by atoms with E-state index in [2.05, 4.69) is 34.4 Å².